The molecule has 23 heavy (non-hydrogen) atoms. The number of nitriles is 1. The van der Waals surface area contributed by atoms with Crippen molar-refractivity contribution in [1.29, 1.82) is 5.26 Å². The van der Waals surface area contributed by atoms with Gasteiger partial charge in [0.25, 0.3) is 0 Å². The van der Waals surface area contributed by atoms with Gasteiger partial charge in [-0.3, -0.25) is 4.68 Å². The number of hydrogen-bond acceptors (Lipinski definition) is 4. The van der Waals surface area contributed by atoms with E-state index in [1.807, 2.05) is 6.07 Å². The van der Waals surface area contributed by atoms with Crippen LogP contribution in [0.1, 0.15) is 16.8 Å². The first-order valence-electron chi connectivity index (χ1n) is 6.81. The second kappa shape index (κ2) is 7.15. The maximum absolute atomic E-state index is 12.8. The highest BCUT2D eigenvalue weighted by Gasteiger charge is 2.36. The number of rotatable bonds is 6. The lowest BCUT2D eigenvalue weighted by Gasteiger charge is -2.06. The van der Waals surface area contributed by atoms with Crippen LogP contribution in [0.5, 0.6) is 5.75 Å². The van der Waals surface area contributed by atoms with Crippen molar-refractivity contribution >= 4 is 0 Å². The number of nitrogens with zero attached hydrogens (tertiary/aromatic N) is 3. The summed E-state index contributed by atoms with van der Waals surface area (Å²) in [7, 11) is 0. The average Bonchev–Trinajstić information content (AvgIpc) is 2.92. The van der Waals surface area contributed by atoms with E-state index in [0.29, 0.717) is 11.3 Å². The Balaban J connectivity index is 1.98. The highest BCUT2D eigenvalue weighted by molar-refractivity contribution is 5.34. The Labute approximate surface area is 130 Å². The first-order chi connectivity index (χ1) is 10.9. The summed E-state index contributed by atoms with van der Waals surface area (Å²) in [6.45, 7) is -0.117. The Morgan fingerprint density at radius 3 is 2.52 bits per heavy atom. The standard InChI is InChI=1S/C15H14F3N3O2/c16-15(17,18)14-12(5-7-22)10-21(20-14)6-8-23-13-3-1-11(9-19)2-4-13/h1-4,10,22H,5-8H2. The summed E-state index contributed by atoms with van der Waals surface area (Å²) < 4.78 is 45.0. The van der Waals surface area contributed by atoms with Gasteiger partial charge in [0.2, 0.25) is 0 Å². The highest BCUT2D eigenvalue weighted by atomic mass is 19.4. The average molecular weight is 325 g/mol. The van der Waals surface area contributed by atoms with Crippen molar-refractivity contribution in [3.8, 4) is 11.8 Å². The molecule has 1 aromatic heterocycles. The molecule has 1 heterocycles. The van der Waals surface area contributed by atoms with E-state index in [0.717, 1.165) is 4.68 Å². The maximum atomic E-state index is 12.8. The zero-order valence-corrected chi connectivity index (χ0v) is 12.0. The quantitative estimate of drug-likeness (QED) is 0.885. The van der Waals surface area contributed by atoms with E-state index in [9.17, 15) is 13.2 Å². The van der Waals surface area contributed by atoms with E-state index in [1.54, 1.807) is 24.3 Å². The fourth-order valence-electron chi connectivity index (χ4n) is 2.00. The van der Waals surface area contributed by atoms with Crippen LogP contribution in [0.3, 0.4) is 0 Å². The van der Waals surface area contributed by atoms with Crippen LogP contribution in [-0.4, -0.2) is 28.1 Å². The second-order valence-corrected chi connectivity index (χ2v) is 4.72. The predicted molar refractivity (Wildman–Crippen MR) is 74.7 cm³/mol. The van der Waals surface area contributed by atoms with Gasteiger partial charge in [0.15, 0.2) is 5.69 Å². The largest absolute Gasteiger partial charge is 0.492 e. The summed E-state index contributed by atoms with van der Waals surface area (Å²) in [5, 5.41) is 21.0. The molecular formula is C15H14F3N3O2. The number of aromatic nitrogens is 2. The second-order valence-electron chi connectivity index (χ2n) is 4.72. The summed E-state index contributed by atoms with van der Waals surface area (Å²) in [4.78, 5) is 0. The topological polar surface area (TPSA) is 71.1 Å². The van der Waals surface area contributed by atoms with Gasteiger partial charge >= 0.3 is 6.18 Å². The van der Waals surface area contributed by atoms with E-state index in [2.05, 4.69) is 5.10 Å². The molecule has 0 saturated carbocycles. The predicted octanol–water partition coefficient (Wildman–Crippen LogP) is 2.39. The highest BCUT2D eigenvalue weighted by Crippen LogP contribution is 2.30. The first kappa shape index (κ1) is 16.8. The molecule has 0 fully saturated rings. The number of ether oxygens (including phenoxy) is 1. The summed E-state index contributed by atoms with van der Waals surface area (Å²) in [6, 6.07) is 8.37. The monoisotopic (exact) mass is 325 g/mol. The molecule has 5 nitrogen and oxygen atoms in total. The molecule has 0 amide bonds. The third-order valence-corrected chi connectivity index (χ3v) is 3.06. The van der Waals surface area contributed by atoms with Crippen LogP contribution in [0.4, 0.5) is 13.2 Å². The summed E-state index contributed by atoms with van der Waals surface area (Å²) in [6.07, 6.45) is -3.39. The number of hydrogen-bond donors (Lipinski definition) is 1. The molecule has 2 rings (SSSR count). The molecule has 0 aliphatic heterocycles. The van der Waals surface area contributed by atoms with E-state index in [4.69, 9.17) is 15.1 Å². The lowest BCUT2D eigenvalue weighted by Crippen LogP contribution is -2.12. The third kappa shape index (κ3) is 4.47. The van der Waals surface area contributed by atoms with Crippen molar-refractivity contribution in [3.63, 3.8) is 0 Å². The number of alkyl halides is 3. The van der Waals surface area contributed by atoms with Crippen molar-refractivity contribution in [2.75, 3.05) is 13.2 Å². The minimum absolute atomic E-state index is 0.0432. The van der Waals surface area contributed by atoms with E-state index >= 15 is 0 Å². The molecule has 0 atom stereocenters. The van der Waals surface area contributed by atoms with Crippen molar-refractivity contribution in [3.05, 3.63) is 47.3 Å². The molecule has 0 bridgehead atoms. The molecule has 0 aliphatic rings. The Morgan fingerprint density at radius 1 is 1.26 bits per heavy atom. The first-order valence-corrected chi connectivity index (χ1v) is 6.81. The molecule has 1 aromatic carbocycles. The molecule has 8 heteroatoms. The van der Waals surface area contributed by atoms with Crippen LogP contribution >= 0.6 is 0 Å². The Morgan fingerprint density at radius 2 is 1.96 bits per heavy atom. The lowest BCUT2D eigenvalue weighted by molar-refractivity contribution is -0.142. The zero-order valence-electron chi connectivity index (χ0n) is 12.0. The van der Waals surface area contributed by atoms with E-state index in [1.165, 1.54) is 6.20 Å². The van der Waals surface area contributed by atoms with Gasteiger partial charge in [-0.2, -0.15) is 23.5 Å². The molecule has 1 N–H and O–H groups in total. The minimum atomic E-state index is -4.55. The normalized spacial score (nSPS) is 11.3. The molecule has 0 spiro atoms. The van der Waals surface area contributed by atoms with E-state index in [-0.39, 0.29) is 31.7 Å². The Hall–Kier alpha value is -2.53. The van der Waals surface area contributed by atoms with Gasteiger partial charge in [-0.15, -0.1) is 0 Å². The fraction of sp³-hybridized carbons (Fsp3) is 0.333. The van der Waals surface area contributed by atoms with Gasteiger partial charge in [0, 0.05) is 18.4 Å². The molecule has 0 aliphatic carbocycles. The molecule has 2 aromatic rings. The Kier molecular flexibility index (Phi) is 5.24. The maximum Gasteiger partial charge on any atom is 0.435 e. The van der Waals surface area contributed by atoms with E-state index < -0.39 is 11.9 Å². The van der Waals surface area contributed by atoms with Crippen LogP contribution in [0.25, 0.3) is 0 Å². The fourth-order valence-corrected chi connectivity index (χ4v) is 2.00. The smallest absolute Gasteiger partial charge is 0.435 e. The van der Waals surface area contributed by atoms with Crippen molar-refractivity contribution in [2.45, 2.75) is 19.1 Å². The van der Waals surface area contributed by atoms with Crippen LogP contribution < -0.4 is 4.74 Å². The number of aliphatic hydroxyl groups is 1. The Bertz CT molecular complexity index is 687. The lowest BCUT2D eigenvalue weighted by atomic mass is 10.2. The van der Waals surface area contributed by atoms with Gasteiger partial charge in [0.05, 0.1) is 18.2 Å². The van der Waals surface area contributed by atoms with Crippen LogP contribution in [0.15, 0.2) is 30.5 Å². The van der Waals surface area contributed by atoms with Crippen LogP contribution in [0.2, 0.25) is 0 Å². The summed E-state index contributed by atoms with van der Waals surface area (Å²) in [5.74, 6) is 0.516. The van der Waals surface area contributed by atoms with Gasteiger partial charge < -0.3 is 9.84 Å². The van der Waals surface area contributed by atoms with Gasteiger partial charge in [-0.1, -0.05) is 0 Å². The third-order valence-electron chi connectivity index (χ3n) is 3.06. The zero-order chi connectivity index (χ0) is 16.9. The molecular weight excluding hydrogens is 311 g/mol. The van der Waals surface area contributed by atoms with Gasteiger partial charge in [0.1, 0.15) is 12.4 Å². The molecule has 0 saturated heterocycles. The number of benzene rings is 1. The van der Waals surface area contributed by atoms with Gasteiger partial charge in [-0.25, -0.2) is 0 Å². The number of aliphatic hydroxyl groups excluding tert-OH is 1. The van der Waals surface area contributed by atoms with Crippen LogP contribution in [-0.2, 0) is 19.1 Å². The van der Waals surface area contributed by atoms with Crippen molar-refractivity contribution in [2.24, 2.45) is 0 Å². The van der Waals surface area contributed by atoms with Crippen molar-refractivity contribution in [1.82, 2.24) is 9.78 Å². The van der Waals surface area contributed by atoms with Gasteiger partial charge in [-0.05, 0) is 30.7 Å². The summed E-state index contributed by atoms with van der Waals surface area (Å²) in [5.41, 5.74) is -0.531. The molecule has 0 radical (unpaired) electrons. The molecule has 122 valence electrons. The number of halogens is 3. The van der Waals surface area contributed by atoms with Crippen LogP contribution in [0, 0.1) is 11.3 Å². The summed E-state index contributed by atoms with van der Waals surface area (Å²) >= 11 is 0. The minimum Gasteiger partial charge on any atom is -0.492 e. The van der Waals surface area contributed by atoms with Crippen molar-refractivity contribution < 1.29 is 23.0 Å². The molecule has 0 unspecified atom stereocenters. The SMILES string of the molecule is N#Cc1ccc(OCCn2cc(CCO)c(C(F)(F)F)n2)cc1.